The molecule has 1 aliphatic rings. The fourth-order valence-corrected chi connectivity index (χ4v) is 2.23. The van der Waals surface area contributed by atoms with Crippen LogP contribution in [0.2, 0.25) is 0 Å². The molecule has 4 heteroatoms. The zero-order valence-electron chi connectivity index (χ0n) is 11.3. The van der Waals surface area contributed by atoms with Gasteiger partial charge in [0.25, 0.3) is 0 Å². The predicted octanol–water partition coefficient (Wildman–Crippen LogP) is 1.93. The average Bonchev–Trinajstić information content (AvgIpc) is 2.20. The SMILES string of the molecule is CC1(O)CCN(CCCC(C)(C)C(N)=S)CC1. The summed E-state index contributed by atoms with van der Waals surface area (Å²) in [5.74, 6) is 0. The van der Waals surface area contributed by atoms with Crippen LogP contribution in [-0.4, -0.2) is 40.2 Å². The van der Waals surface area contributed by atoms with E-state index in [0.717, 1.165) is 45.3 Å². The lowest BCUT2D eigenvalue weighted by molar-refractivity contribution is -0.00581. The lowest BCUT2D eigenvalue weighted by Crippen LogP contribution is -2.43. The Bertz CT molecular complexity index is 267. The Morgan fingerprint density at radius 3 is 2.41 bits per heavy atom. The molecular formula is C13H26N2OS. The van der Waals surface area contributed by atoms with Crippen LogP contribution in [0, 0.1) is 5.41 Å². The molecule has 0 bridgehead atoms. The molecule has 0 aromatic rings. The second-order valence-corrected chi connectivity index (χ2v) is 6.63. The highest BCUT2D eigenvalue weighted by Crippen LogP contribution is 2.25. The molecule has 3 nitrogen and oxygen atoms in total. The molecular weight excluding hydrogens is 232 g/mol. The van der Waals surface area contributed by atoms with Crippen LogP contribution < -0.4 is 5.73 Å². The van der Waals surface area contributed by atoms with E-state index in [1.807, 2.05) is 6.92 Å². The molecule has 3 N–H and O–H groups in total. The molecule has 0 unspecified atom stereocenters. The summed E-state index contributed by atoms with van der Waals surface area (Å²) in [7, 11) is 0. The van der Waals surface area contributed by atoms with Crippen molar-refractivity contribution in [2.24, 2.45) is 11.1 Å². The molecule has 0 atom stereocenters. The van der Waals surface area contributed by atoms with Gasteiger partial charge < -0.3 is 15.7 Å². The van der Waals surface area contributed by atoms with Gasteiger partial charge >= 0.3 is 0 Å². The maximum Gasteiger partial charge on any atom is 0.0784 e. The number of hydrogen-bond donors (Lipinski definition) is 2. The quantitative estimate of drug-likeness (QED) is 0.740. The van der Waals surface area contributed by atoms with Gasteiger partial charge in [-0.1, -0.05) is 26.1 Å². The topological polar surface area (TPSA) is 49.5 Å². The third-order valence-corrected chi connectivity index (χ3v) is 4.43. The van der Waals surface area contributed by atoms with Gasteiger partial charge in [-0.25, -0.2) is 0 Å². The minimum absolute atomic E-state index is 0.0311. The third-order valence-electron chi connectivity index (χ3n) is 3.88. The summed E-state index contributed by atoms with van der Waals surface area (Å²) in [6.07, 6.45) is 3.92. The van der Waals surface area contributed by atoms with Gasteiger partial charge in [-0.3, -0.25) is 0 Å². The van der Waals surface area contributed by atoms with Crippen molar-refractivity contribution >= 4 is 17.2 Å². The van der Waals surface area contributed by atoms with Crippen molar-refractivity contribution in [2.45, 2.75) is 52.1 Å². The second-order valence-electron chi connectivity index (χ2n) is 6.19. The molecule has 1 aliphatic heterocycles. The smallest absolute Gasteiger partial charge is 0.0784 e. The molecule has 0 saturated carbocycles. The molecule has 17 heavy (non-hydrogen) atoms. The Kier molecular flexibility index (Phi) is 4.93. The minimum Gasteiger partial charge on any atom is -0.393 e. The van der Waals surface area contributed by atoms with Gasteiger partial charge in [0.2, 0.25) is 0 Å². The van der Waals surface area contributed by atoms with Crippen LogP contribution in [-0.2, 0) is 0 Å². The van der Waals surface area contributed by atoms with Crippen molar-refractivity contribution < 1.29 is 5.11 Å². The van der Waals surface area contributed by atoms with Gasteiger partial charge in [0.15, 0.2) is 0 Å². The number of likely N-dealkylation sites (tertiary alicyclic amines) is 1. The van der Waals surface area contributed by atoms with E-state index >= 15 is 0 Å². The molecule has 1 rings (SSSR count). The minimum atomic E-state index is -0.450. The van der Waals surface area contributed by atoms with Gasteiger partial charge in [0.1, 0.15) is 0 Å². The van der Waals surface area contributed by atoms with Gasteiger partial charge in [0, 0.05) is 18.5 Å². The Labute approximate surface area is 110 Å². The van der Waals surface area contributed by atoms with Crippen molar-refractivity contribution in [2.75, 3.05) is 19.6 Å². The molecule has 0 aromatic carbocycles. The van der Waals surface area contributed by atoms with Crippen molar-refractivity contribution in [1.82, 2.24) is 4.90 Å². The monoisotopic (exact) mass is 258 g/mol. The van der Waals surface area contributed by atoms with E-state index in [9.17, 15) is 5.11 Å². The van der Waals surface area contributed by atoms with E-state index in [4.69, 9.17) is 18.0 Å². The zero-order valence-corrected chi connectivity index (χ0v) is 12.1. The fourth-order valence-electron chi connectivity index (χ4n) is 2.13. The Hall–Kier alpha value is -0.190. The zero-order chi connectivity index (χ0) is 13.1. The summed E-state index contributed by atoms with van der Waals surface area (Å²) >= 11 is 5.06. The predicted molar refractivity (Wildman–Crippen MR) is 76.1 cm³/mol. The highest BCUT2D eigenvalue weighted by atomic mass is 32.1. The maximum absolute atomic E-state index is 9.86. The van der Waals surface area contributed by atoms with Crippen molar-refractivity contribution in [3.05, 3.63) is 0 Å². The van der Waals surface area contributed by atoms with Crippen molar-refractivity contribution in [1.29, 1.82) is 0 Å². The molecule has 0 spiro atoms. The number of nitrogens with zero attached hydrogens (tertiary/aromatic N) is 1. The van der Waals surface area contributed by atoms with Crippen LogP contribution in [0.15, 0.2) is 0 Å². The van der Waals surface area contributed by atoms with Crippen molar-refractivity contribution in [3.8, 4) is 0 Å². The summed E-state index contributed by atoms with van der Waals surface area (Å²) in [6, 6.07) is 0. The van der Waals surface area contributed by atoms with Crippen molar-refractivity contribution in [3.63, 3.8) is 0 Å². The number of piperidine rings is 1. The Morgan fingerprint density at radius 2 is 1.94 bits per heavy atom. The number of thiocarbonyl (C=S) groups is 1. The standard InChI is InChI=1S/C13H26N2OS/c1-12(2,11(14)17)5-4-8-15-9-6-13(3,16)7-10-15/h16H,4-10H2,1-3H3,(H2,14,17). The van der Waals surface area contributed by atoms with Gasteiger partial charge in [-0.15, -0.1) is 0 Å². The summed E-state index contributed by atoms with van der Waals surface area (Å²) in [4.78, 5) is 3.03. The number of nitrogens with two attached hydrogens (primary N) is 1. The lowest BCUT2D eigenvalue weighted by Gasteiger charge is -2.36. The van der Waals surface area contributed by atoms with E-state index in [1.165, 1.54) is 0 Å². The maximum atomic E-state index is 9.86. The number of hydrogen-bond acceptors (Lipinski definition) is 3. The highest BCUT2D eigenvalue weighted by Gasteiger charge is 2.27. The Balaban J connectivity index is 2.23. The molecule has 1 fully saturated rings. The summed E-state index contributed by atoms with van der Waals surface area (Å²) < 4.78 is 0. The van der Waals surface area contributed by atoms with Crippen LogP contribution in [0.25, 0.3) is 0 Å². The second kappa shape index (κ2) is 5.63. The molecule has 0 radical (unpaired) electrons. The van der Waals surface area contributed by atoms with E-state index in [0.29, 0.717) is 4.99 Å². The summed E-state index contributed by atoms with van der Waals surface area (Å²) in [5.41, 5.74) is 5.23. The average molecular weight is 258 g/mol. The molecule has 0 amide bonds. The Morgan fingerprint density at radius 1 is 1.41 bits per heavy atom. The van der Waals surface area contributed by atoms with Crippen LogP contribution in [0.4, 0.5) is 0 Å². The normalized spacial score (nSPS) is 21.4. The van der Waals surface area contributed by atoms with Gasteiger partial charge in [-0.2, -0.15) is 0 Å². The molecule has 1 saturated heterocycles. The van der Waals surface area contributed by atoms with Gasteiger partial charge in [-0.05, 0) is 39.2 Å². The van der Waals surface area contributed by atoms with E-state index in [-0.39, 0.29) is 5.41 Å². The molecule has 100 valence electrons. The molecule has 0 aromatic heterocycles. The van der Waals surface area contributed by atoms with Crippen LogP contribution in [0.5, 0.6) is 0 Å². The van der Waals surface area contributed by atoms with Crippen LogP contribution >= 0.6 is 12.2 Å². The first-order valence-corrected chi connectivity index (χ1v) is 6.88. The highest BCUT2D eigenvalue weighted by molar-refractivity contribution is 7.80. The first-order valence-electron chi connectivity index (χ1n) is 6.48. The largest absolute Gasteiger partial charge is 0.393 e. The van der Waals surface area contributed by atoms with E-state index in [1.54, 1.807) is 0 Å². The first-order chi connectivity index (χ1) is 7.73. The number of rotatable bonds is 5. The summed E-state index contributed by atoms with van der Waals surface area (Å²) in [5, 5.41) is 9.86. The summed E-state index contributed by atoms with van der Waals surface area (Å²) in [6.45, 7) is 9.23. The third kappa shape index (κ3) is 4.90. The van der Waals surface area contributed by atoms with E-state index in [2.05, 4.69) is 18.7 Å². The van der Waals surface area contributed by atoms with Crippen LogP contribution in [0.3, 0.4) is 0 Å². The lowest BCUT2D eigenvalue weighted by atomic mass is 9.87. The van der Waals surface area contributed by atoms with E-state index < -0.39 is 5.60 Å². The van der Waals surface area contributed by atoms with Gasteiger partial charge in [0.05, 0.1) is 10.6 Å². The fraction of sp³-hybridized carbons (Fsp3) is 0.923. The van der Waals surface area contributed by atoms with Crippen LogP contribution in [0.1, 0.15) is 46.5 Å². The molecule has 0 aliphatic carbocycles. The first kappa shape index (κ1) is 14.9. The number of aliphatic hydroxyl groups is 1. The molecule has 1 heterocycles.